The van der Waals surface area contributed by atoms with Crippen molar-refractivity contribution in [1.29, 1.82) is 0 Å². The van der Waals surface area contributed by atoms with Crippen molar-refractivity contribution in [1.82, 2.24) is 9.88 Å². The zero-order valence-electron chi connectivity index (χ0n) is 14.0. The van der Waals surface area contributed by atoms with E-state index < -0.39 is 0 Å². The van der Waals surface area contributed by atoms with Crippen molar-refractivity contribution in [2.75, 3.05) is 32.9 Å². The van der Waals surface area contributed by atoms with Crippen LogP contribution in [0.4, 0.5) is 0 Å². The first-order valence-electron chi connectivity index (χ1n) is 9.15. The first kappa shape index (κ1) is 15.6. The number of hydrogen-bond acceptors (Lipinski definition) is 4. The largest absolute Gasteiger partial charge is 0.380 e. The Balaban J connectivity index is 1.41. The Bertz CT molecular complexity index is 505. The van der Waals surface area contributed by atoms with E-state index in [1.165, 1.54) is 31.2 Å². The molecule has 23 heavy (non-hydrogen) atoms. The molecule has 0 aromatic carbocycles. The third-order valence-electron chi connectivity index (χ3n) is 5.66. The fourth-order valence-corrected chi connectivity index (χ4v) is 4.19. The second-order valence-corrected chi connectivity index (χ2v) is 7.64. The number of pyridine rings is 1. The minimum Gasteiger partial charge on any atom is -0.380 e. The van der Waals surface area contributed by atoms with Crippen molar-refractivity contribution in [2.24, 2.45) is 11.3 Å². The lowest BCUT2D eigenvalue weighted by Crippen LogP contribution is -2.56. The maximum absolute atomic E-state index is 6.14. The van der Waals surface area contributed by atoms with Crippen LogP contribution in [0.15, 0.2) is 24.5 Å². The molecule has 3 heterocycles. The lowest BCUT2D eigenvalue weighted by molar-refractivity contribution is -0.154. The van der Waals surface area contributed by atoms with E-state index >= 15 is 0 Å². The van der Waals surface area contributed by atoms with E-state index in [1.807, 2.05) is 12.4 Å². The van der Waals surface area contributed by atoms with Gasteiger partial charge in [0.05, 0.1) is 12.7 Å². The van der Waals surface area contributed by atoms with Crippen LogP contribution in [-0.2, 0) is 16.0 Å². The Morgan fingerprint density at radius 1 is 1.26 bits per heavy atom. The average molecular weight is 316 g/mol. The van der Waals surface area contributed by atoms with Crippen LogP contribution in [0.2, 0.25) is 0 Å². The molecule has 126 valence electrons. The van der Waals surface area contributed by atoms with Crippen molar-refractivity contribution in [3.05, 3.63) is 30.1 Å². The Labute approximate surface area is 139 Å². The molecule has 3 fully saturated rings. The number of piperidine rings is 1. The van der Waals surface area contributed by atoms with Gasteiger partial charge in [0.2, 0.25) is 0 Å². The van der Waals surface area contributed by atoms with Gasteiger partial charge in [0.25, 0.3) is 0 Å². The molecular formula is C19H28N2O2. The van der Waals surface area contributed by atoms with Gasteiger partial charge in [-0.1, -0.05) is 0 Å². The van der Waals surface area contributed by atoms with Crippen molar-refractivity contribution >= 4 is 0 Å². The number of fused-ring (bicyclic) bond motifs is 1. The van der Waals surface area contributed by atoms with Crippen LogP contribution < -0.4 is 0 Å². The molecule has 0 amide bonds. The molecule has 1 saturated carbocycles. The molecule has 0 bridgehead atoms. The molecule has 1 aliphatic carbocycles. The van der Waals surface area contributed by atoms with Gasteiger partial charge < -0.3 is 9.47 Å². The number of likely N-dealkylation sites (tertiary alicyclic amines) is 1. The molecule has 0 spiro atoms. The molecule has 0 radical (unpaired) electrons. The van der Waals surface area contributed by atoms with Gasteiger partial charge in [0, 0.05) is 50.7 Å². The zero-order chi connectivity index (χ0) is 15.5. The maximum Gasteiger partial charge on any atom is 0.0677 e. The van der Waals surface area contributed by atoms with Gasteiger partial charge >= 0.3 is 0 Å². The highest BCUT2D eigenvalue weighted by atomic mass is 16.5. The molecule has 2 saturated heterocycles. The summed E-state index contributed by atoms with van der Waals surface area (Å²) in [6.45, 7) is 6.00. The molecule has 4 heteroatoms. The quantitative estimate of drug-likeness (QED) is 0.808. The second kappa shape index (κ2) is 6.88. The standard InChI is InChI=1S/C19H28N2O2/c1-7-19(15-22-13-17-2-3-17)14-21(10-6-18(19)23-11-1)12-16-4-8-20-9-5-16/h4-5,8-9,17-18H,1-3,6-7,10-15H2/t18-,19+/m0/s1. The third-order valence-corrected chi connectivity index (χ3v) is 5.66. The predicted molar refractivity (Wildman–Crippen MR) is 89.1 cm³/mol. The van der Waals surface area contributed by atoms with Gasteiger partial charge in [-0.25, -0.2) is 0 Å². The summed E-state index contributed by atoms with van der Waals surface area (Å²) in [4.78, 5) is 6.71. The van der Waals surface area contributed by atoms with Crippen LogP contribution in [0, 0.1) is 11.3 Å². The van der Waals surface area contributed by atoms with Gasteiger partial charge in [-0.3, -0.25) is 9.88 Å². The summed E-state index contributed by atoms with van der Waals surface area (Å²) in [6.07, 6.45) is 10.5. The van der Waals surface area contributed by atoms with E-state index in [0.29, 0.717) is 6.10 Å². The highest BCUT2D eigenvalue weighted by Crippen LogP contribution is 2.41. The minimum atomic E-state index is 0.207. The van der Waals surface area contributed by atoms with Crippen molar-refractivity contribution in [3.8, 4) is 0 Å². The summed E-state index contributed by atoms with van der Waals surface area (Å²) in [5, 5.41) is 0. The lowest BCUT2D eigenvalue weighted by Gasteiger charge is -2.50. The normalized spacial score (nSPS) is 31.7. The monoisotopic (exact) mass is 316 g/mol. The van der Waals surface area contributed by atoms with Crippen LogP contribution in [0.3, 0.4) is 0 Å². The second-order valence-electron chi connectivity index (χ2n) is 7.64. The smallest absolute Gasteiger partial charge is 0.0677 e. The van der Waals surface area contributed by atoms with E-state index in [0.717, 1.165) is 51.8 Å². The minimum absolute atomic E-state index is 0.207. The number of rotatable bonds is 6. The van der Waals surface area contributed by atoms with Gasteiger partial charge in [-0.15, -0.1) is 0 Å². The Kier molecular flexibility index (Phi) is 4.65. The molecule has 3 aliphatic rings. The molecule has 1 aromatic rings. The van der Waals surface area contributed by atoms with E-state index in [1.54, 1.807) is 0 Å². The number of ether oxygens (including phenoxy) is 2. The predicted octanol–water partition coefficient (Wildman–Crippen LogP) is 2.88. The number of nitrogens with zero attached hydrogens (tertiary/aromatic N) is 2. The van der Waals surface area contributed by atoms with Crippen molar-refractivity contribution < 1.29 is 9.47 Å². The molecule has 0 N–H and O–H groups in total. The van der Waals surface area contributed by atoms with Crippen LogP contribution in [0.25, 0.3) is 0 Å². The Hall–Kier alpha value is -0.970. The Morgan fingerprint density at radius 3 is 2.96 bits per heavy atom. The van der Waals surface area contributed by atoms with Gasteiger partial charge in [0.15, 0.2) is 0 Å². The summed E-state index contributed by atoms with van der Waals surface area (Å²) in [7, 11) is 0. The third kappa shape index (κ3) is 3.76. The van der Waals surface area contributed by atoms with E-state index in [2.05, 4.69) is 22.0 Å². The van der Waals surface area contributed by atoms with Crippen molar-refractivity contribution in [2.45, 2.75) is 44.8 Å². The summed E-state index contributed by atoms with van der Waals surface area (Å²) >= 11 is 0. The fraction of sp³-hybridized carbons (Fsp3) is 0.737. The summed E-state index contributed by atoms with van der Waals surface area (Å²) in [5.74, 6) is 0.839. The Morgan fingerprint density at radius 2 is 2.13 bits per heavy atom. The van der Waals surface area contributed by atoms with Gasteiger partial charge in [0.1, 0.15) is 0 Å². The van der Waals surface area contributed by atoms with E-state index in [4.69, 9.17) is 9.47 Å². The zero-order valence-corrected chi connectivity index (χ0v) is 14.0. The SMILES string of the molecule is c1cc(CN2CC[C@@H]3OCCC[C@]3(COCC3CC3)C2)ccn1. The molecule has 2 aliphatic heterocycles. The van der Waals surface area contributed by atoms with Gasteiger partial charge in [-0.2, -0.15) is 0 Å². The van der Waals surface area contributed by atoms with Crippen molar-refractivity contribution in [3.63, 3.8) is 0 Å². The lowest BCUT2D eigenvalue weighted by atomic mass is 9.73. The van der Waals surface area contributed by atoms with Crippen LogP contribution >= 0.6 is 0 Å². The van der Waals surface area contributed by atoms with E-state index in [9.17, 15) is 0 Å². The summed E-state index contributed by atoms with van der Waals surface area (Å²) in [5.41, 5.74) is 1.56. The van der Waals surface area contributed by atoms with Crippen LogP contribution in [0.1, 0.15) is 37.7 Å². The average Bonchev–Trinajstić information content (AvgIpc) is 3.40. The fourth-order valence-electron chi connectivity index (χ4n) is 4.19. The summed E-state index contributed by atoms with van der Waals surface area (Å²) < 4.78 is 12.3. The molecule has 1 aromatic heterocycles. The maximum atomic E-state index is 6.14. The first-order valence-corrected chi connectivity index (χ1v) is 9.15. The molecular weight excluding hydrogens is 288 g/mol. The first-order chi connectivity index (χ1) is 11.3. The van der Waals surface area contributed by atoms with Gasteiger partial charge in [-0.05, 0) is 55.7 Å². The van der Waals surface area contributed by atoms with Crippen LogP contribution in [-0.4, -0.2) is 48.9 Å². The summed E-state index contributed by atoms with van der Waals surface area (Å²) in [6, 6.07) is 4.25. The molecule has 4 nitrogen and oxygen atoms in total. The topological polar surface area (TPSA) is 34.6 Å². The number of hydrogen-bond donors (Lipinski definition) is 0. The highest BCUT2D eigenvalue weighted by Gasteiger charge is 2.46. The molecule has 0 unspecified atom stereocenters. The molecule has 4 rings (SSSR count). The molecule has 2 atom stereocenters. The number of aromatic nitrogens is 1. The van der Waals surface area contributed by atoms with Crippen LogP contribution in [0.5, 0.6) is 0 Å². The highest BCUT2D eigenvalue weighted by molar-refractivity contribution is 5.10. The van der Waals surface area contributed by atoms with E-state index in [-0.39, 0.29) is 5.41 Å².